The van der Waals surface area contributed by atoms with E-state index < -0.39 is 0 Å². The van der Waals surface area contributed by atoms with E-state index in [2.05, 4.69) is 15.3 Å². The fourth-order valence-electron chi connectivity index (χ4n) is 2.62. The minimum absolute atomic E-state index is 0.0623. The Kier molecular flexibility index (Phi) is 4.80. The molecule has 1 aromatic carbocycles. The van der Waals surface area contributed by atoms with Crippen LogP contribution < -0.4 is 5.32 Å². The molecule has 6 heteroatoms. The van der Waals surface area contributed by atoms with Gasteiger partial charge >= 0.3 is 0 Å². The van der Waals surface area contributed by atoms with Gasteiger partial charge < -0.3 is 10.2 Å². The minimum atomic E-state index is -0.292. The molecular formula is C17H19FN4O. The zero-order valence-corrected chi connectivity index (χ0v) is 12.8. The highest BCUT2D eigenvalue weighted by Crippen LogP contribution is 2.15. The zero-order chi connectivity index (χ0) is 16.1. The van der Waals surface area contributed by atoms with E-state index in [-0.39, 0.29) is 11.7 Å². The molecular weight excluding hydrogens is 295 g/mol. The number of nitrogens with one attached hydrogen (secondary N) is 1. The molecule has 0 saturated carbocycles. The van der Waals surface area contributed by atoms with Crippen LogP contribution in [-0.2, 0) is 0 Å². The number of hydrogen-bond acceptors (Lipinski definition) is 4. The lowest BCUT2D eigenvalue weighted by atomic mass is 10.2. The lowest BCUT2D eigenvalue weighted by Gasteiger charge is -2.19. The van der Waals surface area contributed by atoms with Crippen molar-refractivity contribution in [3.05, 3.63) is 48.2 Å². The molecule has 1 fully saturated rings. The molecule has 2 heterocycles. The lowest BCUT2D eigenvalue weighted by molar-refractivity contribution is 0.0755. The molecule has 1 saturated heterocycles. The number of nitrogens with zero attached hydrogens (tertiary/aromatic N) is 3. The molecule has 0 radical (unpaired) electrons. The van der Waals surface area contributed by atoms with Crippen molar-refractivity contribution in [2.24, 2.45) is 0 Å². The summed E-state index contributed by atoms with van der Waals surface area (Å²) in [5.41, 5.74) is 1.07. The third kappa shape index (κ3) is 4.03. The monoisotopic (exact) mass is 314 g/mol. The van der Waals surface area contributed by atoms with Crippen molar-refractivity contribution >= 4 is 17.4 Å². The van der Waals surface area contributed by atoms with Gasteiger partial charge in [-0.25, -0.2) is 14.4 Å². The van der Waals surface area contributed by atoms with Gasteiger partial charge in [0.25, 0.3) is 5.91 Å². The van der Waals surface area contributed by atoms with Crippen LogP contribution >= 0.6 is 0 Å². The summed E-state index contributed by atoms with van der Waals surface area (Å²) in [5.74, 6) is 0.164. The Hall–Kier alpha value is -2.50. The summed E-state index contributed by atoms with van der Waals surface area (Å²) in [6.07, 6.45) is 7.45. The fourth-order valence-corrected chi connectivity index (χ4v) is 2.62. The average molecular weight is 314 g/mol. The van der Waals surface area contributed by atoms with E-state index in [4.69, 9.17) is 0 Å². The third-order valence-electron chi connectivity index (χ3n) is 3.88. The van der Waals surface area contributed by atoms with E-state index >= 15 is 0 Å². The molecule has 1 aromatic heterocycles. The lowest BCUT2D eigenvalue weighted by Crippen LogP contribution is -2.32. The Morgan fingerprint density at radius 1 is 1.00 bits per heavy atom. The first kappa shape index (κ1) is 15.4. The number of anilines is 2. The van der Waals surface area contributed by atoms with Gasteiger partial charge in [-0.2, -0.15) is 0 Å². The van der Waals surface area contributed by atoms with Crippen molar-refractivity contribution in [1.29, 1.82) is 0 Å². The molecule has 1 aliphatic rings. The largest absolute Gasteiger partial charge is 0.339 e. The standard InChI is InChI=1S/C17H19FN4O/c18-13-5-7-14(8-6-13)21-16-12-19-15(11-20-16)17(23)22-9-3-1-2-4-10-22/h5-8,11-12H,1-4,9-10H2,(H,20,21). The van der Waals surface area contributed by atoms with Crippen LogP contribution in [0.3, 0.4) is 0 Å². The predicted molar refractivity (Wildman–Crippen MR) is 86.1 cm³/mol. The molecule has 1 N–H and O–H groups in total. The van der Waals surface area contributed by atoms with E-state index in [9.17, 15) is 9.18 Å². The molecule has 120 valence electrons. The molecule has 5 nitrogen and oxygen atoms in total. The van der Waals surface area contributed by atoms with Crippen LogP contribution in [0.2, 0.25) is 0 Å². The summed E-state index contributed by atoms with van der Waals surface area (Å²) < 4.78 is 12.9. The number of rotatable bonds is 3. The predicted octanol–water partition coefficient (Wildman–Crippen LogP) is 3.38. The average Bonchev–Trinajstić information content (AvgIpc) is 2.86. The SMILES string of the molecule is O=C(c1cnc(Nc2ccc(F)cc2)cn1)N1CCCCCC1. The number of amides is 1. The zero-order valence-electron chi connectivity index (χ0n) is 12.8. The maximum atomic E-state index is 12.9. The van der Waals surface area contributed by atoms with Gasteiger partial charge in [0.15, 0.2) is 0 Å². The number of halogens is 1. The van der Waals surface area contributed by atoms with Crippen molar-refractivity contribution < 1.29 is 9.18 Å². The Labute approximate surface area is 134 Å². The van der Waals surface area contributed by atoms with Crippen molar-refractivity contribution in [2.45, 2.75) is 25.7 Å². The summed E-state index contributed by atoms with van der Waals surface area (Å²) in [4.78, 5) is 22.7. The van der Waals surface area contributed by atoms with Gasteiger partial charge in [0.2, 0.25) is 0 Å². The van der Waals surface area contributed by atoms with Crippen LogP contribution in [0.1, 0.15) is 36.2 Å². The van der Waals surface area contributed by atoms with Gasteiger partial charge in [0.05, 0.1) is 12.4 Å². The van der Waals surface area contributed by atoms with Gasteiger partial charge in [-0.3, -0.25) is 4.79 Å². The fraction of sp³-hybridized carbons (Fsp3) is 0.353. The number of aromatic nitrogens is 2. The smallest absolute Gasteiger partial charge is 0.274 e. The molecule has 23 heavy (non-hydrogen) atoms. The molecule has 1 aliphatic heterocycles. The second-order valence-electron chi connectivity index (χ2n) is 5.63. The highest BCUT2D eigenvalue weighted by molar-refractivity contribution is 5.92. The Morgan fingerprint density at radius 3 is 2.30 bits per heavy atom. The number of benzene rings is 1. The summed E-state index contributed by atoms with van der Waals surface area (Å²) in [5, 5.41) is 3.02. The Bertz CT molecular complexity index is 649. The van der Waals surface area contributed by atoms with Crippen LogP contribution in [0, 0.1) is 5.82 Å². The van der Waals surface area contributed by atoms with Crippen LogP contribution in [-0.4, -0.2) is 33.9 Å². The quantitative estimate of drug-likeness (QED) is 0.943. The van der Waals surface area contributed by atoms with Gasteiger partial charge in [-0.15, -0.1) is 0 Å². The van der Waals surface area contributed by atoms with Crippen molar-refractivity contribution in [2.75, 3.05) is 18.4 Å². The van der Waals surface area contributed by atoms with Gasteiger partial charge in [-0.05, 0) is 37.1 Å². The first-order valence-electron chi connectivity index (χ1n) is 7.86. The maximum Gasteiger partial charge on any atom is 0.274 e. The van der Waals surface area contributed by atoms with Crippen molar-refractivity contribution in [3.63, 3.8) is 0 Å². The number of carbonyl (C=O) groups excluding carboxylic acids is 1. The first-order chi connectivity index (χ1) is 11.2. The second-order valence-corrected chi connectivity index (χ2v) is 5.63. The van der Waals surface area contributed by atoms with Gasteiger partial charge in [-0.1, -0.05) is 12.8 Å². The van der Waals surface area contributed by atoms with E-state index in [1.54, 1.807) is 12.1 Å². The van der Waals surface area contributed by atoms with Crippen LogP contribution in [0.25, 0.3) is 0 Å². The highest BCUT2D eigenvalue weighted by atomic mass is 19.1. The van der Waals surface area contributed by atoms with E-state index in [0.717, 1.165) is 25.9 Å². The molecule has 3 rings (SSSR count). The van der Waals surface area contributed by atoms with Crippen LogP contribution in [0.4, 0.5) is 15.9 Å². The third-order valence-corrected chi connectivity index (χ3v) is 3.88. The topological polar surface area (TPSA) is 58.1 Å². The summed E-state index contributed by atoms with van der Waals surface area (Å²) in [6.45, 7) is 1.58. The minimum Gasteiger partial charge on any atom is -0.339 e. The first-order valence-corrected chi connectivity index (χ1v) is 7.86. The van der Waals surface area contributed by atoms with Crippen molar-refractivity contribution in [1.82, 2.24) is 14.9 Å². The molecule has 0 spiro atoms. The second kappa shape index (κ2) is 7.17. The Morgan fingerprint density at radius 2 is 1.70 bits per heavy atom. The summed E-state index contributed by atoms with van der Waals surface area (Å²) >= 11 is 0. The van der Waals surface area contributed by atoms with Crippen LogP contribution in [0.5, 0.6) is 0 Å². The molecule has 0 atom stereocenters. The van der Waals surface area contributed by atoms with E-state index in [0.29, 0.717) is 17.2 Å². The molecule has 0 unspecified atom stereocenters. The van der Waals surface area contributed by atoms with Crippen molar-refractivity contribution in [3.8, 4) is 0 Å². The molecule has 0 bridgehead atoms. The summed E-state index contributed by atoms with van der Waals surface area (Å²) in [7, 11) is 0. The molecule has 2 aromatic rings. The van der Waals surface area contributed by atoms with Crippen LogP contribution in [0.15, 0.2) is 36.7 Å². The summed E-state index contributed by atoms with van der Waals surface area (Å²) in [6, 6.07) is 5.97. The van der Waals surface area contributed by atoms with E-state index in [1.807, 2.05) is 4.90 Å². The number of hydrogen-bond donors (Lipinski definition) is 1. The number of carbonyl (C=O) groups is 1. The molecule has 1 amide bonds. The Balaban J connectivity index is 1.66. The number of likely N-dealkylation sites (tertiary alicyclic amines) is 1. The van der Waals surface area contributed by atoms with Gasteiger partial charge in [0, 0.05) is 18.8 Å². The van der Waals surface area contributed by atoms with Gasteiger partial charge in [0.1, 0.15) is 17.3 Å². The maximum absolute atomic E-state index is 12.9. The van der Waals surface area contributed by atoms with E-state index in [1.165, 1.54) is 37.4 Å². The normalized spacial score (nSPS) is 15.1. The molecule has 0 aliphatic carbocycles. The highest BCUT2D eigenvalue weighted by Gasteiger charge is 2.18.